The lowest BCUT2D eigenvalue weighted by molar-refractivity contribution is 0.157. The van der Waals surface area contributed by atoms with Crippen LogP contribution in [0.15, 0.2) is 30.5 Å². The summed E-state index contributed by atoms with van der Waals surface area (Å²) in [7, 11) is 3.86. The first kappa shape index (κ1) is 17.7. The van der Waals surface area contributed by atoms with Gasteiger partial charge in [0.2, 0.25) is 5.95 Å². The van der Waals surface area contributed by atoms with Crippen molar-refractivity contribution in [1.82, 2.24) is 14.9 Å². The fraction of sp³-hybridized carbons (Fsp3) is 0.450. The standard InChI is InChI=1S/C20H24FN5O/c1-25(2)18-22-12-14-8-10-20(17(14)24-18)9-5-11-26(13-20)19(27)23-16-7-4-3-6-15(16)21/h3-4,6-7,12H,5,8-11,13H2,1-2H3,(H,23,27). The summed E-state index contributed by atoms with van der Waals surface area (Å²) in [6.45, 7) is 1.27. The van der Waals surface area contributed by atoms with Crippen molar-refractivity contribution >= 4 is 17.7 Å². The number of rotatable bonds is 2. The van der Waals surface area contributed by atoms with Crippen LogP contribution in [0.2, 0.25) is 0 Å². The van der Waals surface area contributed by atoms with Gasteiger partial charge in [-0.1, -0.05) is 12.1 Å². The van der Waals surface area contributed by atoms with Crippen LogP contribution >= 0.6 is 0 Å². The van der Waals surface area contributed by atoms with E-state index in [1.54, 1.807) is 23.1 Å². The third-order valence-electron chi connectivity index (χ3n) is 5.61. The van der Waals surface area contributed by atoms with Crippen molar-refractivity contribution in [2.45, 2.75) is 31.1 Å². The lowest BCUT2D eigenvalue weighted by Gasteiger charge is -2.40. The second-order valence-corrected chi connectivity index (χ2v) is 7.65. The van der Waals surface area contributed by atoms with Crippen molar-refractivity contribution in [3.63, 3.8) is 0 Å². The molecule has 7 heteroatoms. The van der Waals surface area contributed by atoms with Crippen LogP contribution in [0.25, 0.3) is 0 Å². The highest BCUT2D eigenvalue weighted by molar-refractivity contribution is 5.89. The van der Waals surface area contributed by atoms with Crippen molar-refractivity contribution in [2.24, 2.45) is 0 Å². The van der Waals surface area contributed by atoms with Gasteiger partial charge in [0.15, 0.2) is 0 Å². The maximum absolute atomic E-state index is 13.9. The van der Waals surface area contributed by atoms with Gasteiger partial charge in [-0.2, -0.15) is 0 Å². The van der Waals surface area contributed by atoms with E-state index >= 15 is 0 Å². The Bertz CT molecular complexity index is 867. The first-order valence-corrected chi connectivity index (χ1v) is 9.33. The minimum absolute atomic E-state index is 0.131. The maximum atomic E-state index is 13.9. The lowest BCUT2D eigenvalue weighted by Crippen LogP contribution is -2.49. The Balaban J connectivity index is 1.57. The van der Waals surface area contributed by atoms with Gasteiger partial charge in [-0.15, -0.1) is 0 Å². The van der Waals surface area contributed by atoms with E-state index in [-0.39, 0.29) is 17.1 Å². The molecule has 6 nitrogen and oxygen atoms in total. The Morgan fingerprint density at radius 3 is 2.89 bits per heavy atom. The number of aromatic nitrogens is 2. The molecular weight excluding hydrogens is 345 g/mol. The van der Waals surface area contributed by atoms with Crippen LogP contribution in [0, 0.1) is 5.82 Å². The Kier molecular flexibility index (Phi) is 4.45. The number of nitrogens with zero attached hydrogens (tertiary/aromatic N) is 4. The van der Waals surface area contributed by atoms with Crippen molar-refractivity contribution in [3.8, 4) is 0 Å². The summed E-state index contributed by atoms with van der Waals surface area (Å²) in [5.74, 6) is 0.273. The van der Waals surface area contributed by atoms with E-state index < -0.39 is 5.82 Å². The van der Waals surface area contributed by atoms with Crippen LogP contribution in [0.5, 0.6) is 0 Å². The molecule has 1 aromatic heterocycles. The molecule has 2 amide bonds. The molecule has 2 heterocycles. The molecule has 1 unspecified atom stereocenters. The Hall–Kier alpha value is -2.70. The molecule has 1 aromatic carbocycles. The number of anilines is 2. The van der Waals surface area contributed by atoms with Gasteiger partial charge < -0.3 is 15.1 Å². The second kappa shape index (κ2) is 6.79. The summed E-state index contributed by atoms with van der Waals surface area (Å²) in [5, 5.41) is 2.71. The number of hydrogen-bond acceptors (Lipinski definition) is 4. The number of halogens is 1. The van der Waals surface area contributed by atoms with Gasteiger partial charge in [-0.05, 0) is 43.4 Å². The van der Waals surface area contributed by atoms with E-state index in [1.807, 2.05) is 25.2 Å². The van der Waals surface area contributed by atoms with Crippen LogP contribution in [-0.2, 0) is 11.8 Å². The lowest BCUT2D eigenvalue weighted by atomic mass is 9.77. The van der Waals surface area contributed by atoms with E-state index in [0.29, 0.717) is 19.0 Å². The molecule has 1 aliphatic heterocycles. The normalized spacial score (nSPS) is 21.2. The van der Waals surface area contributed by atoms with E-state index in [1.165, 1.54) is 11.6 Å². The summed E-state index contributed by atoms with van der Waals surface area (Å²) >= 11 is 0. The molecule has 1 N–H and O–H groups in total. The van der Waals surface area contributed by atoms with Crippen LogP contribution in [0.1, 0.15) is 30.5 Å². The second-order valence-electron chi connectivity index (χ2n) is 7.65. The number of para-hydroxylation sites is 1. The molecule has 1 atom stereocenters. The van der Waals surface area contributed by atoms with Gasteiger partial charge in [0.1, 0.15) is 5.82 Å². The van der Waals surface area contributed by atoms with Crippen molar-refractivity contribution in [3.05, 3.63) is 47.5 Å². The summed E-state index contributed by atoms with van der Waals surface area (Å²) in [5.41, 5.74) is 2.33. The minimum Gasteiger partial charge on any atom is -0.347 e. The Labute approximate surface area is 158 Å². The smallest absolute Gasteiger partial charge is 0.321 e. The summed E-state index contributed by atoms with van der Waals surface area (Å²) in [6, 6.07) is 5.99. The van der Waals surface area contributed by atoms with Crippen molar-refractivity contribution < 1.29 is 9.18 Å². The quantitative estimate of drug-likeness (QED) is 0.883. The highest BCUT2D eigenvalue weighted by atomic mass is 19.1. The average molecular weight is 369 g/mol. The molecule has 2 aromatic rings. The number of nitrogens with one attached hydrogen (secondary N) is 1. The highest BCUT2D eigenvalue weighted by Crippen LogP contribution is 2.44. The SMILES string of the molecule is CN(C)c1ncc2c(n1)C1(CCCN(C(=O)Nc3ccccc3F)C1)CC2. The fourth-order valence-electron chi connectivity index (χ4n) is 4.21. The number of piperidine rings is 1. The molecular formula is C20H24FN5O. The van der Waals surface area contributed by atoms with Gasteiger partial charge in [0, 0.05) is 38.8 Å². The molecule has 0 bridgehead atoms. The topological polar surface area (TPSA) is 61.4 Å². The zero-order valence-electron chi connectivity index (χ0n) is 15.7. The number of aryl methyl sites for hydroxylation is 1. The van der Waals surface area contributed by atoms with Gasteiger partial charge in [-0.3, -0.25) is 0 Å². The maximum Gasteiger partial charge on any atom is 0.321 e. The van der Waals surface area contributed by atoms with Crippen LogP contribution < -0.4 is 10.2 Å². The van der Waals surface area contributed by atoms with Gasteiger partial charge in [-0.25, -0.2) is 19.2 Å². The molecule has 0 radical (unpaired) electrons. The molecule has 1 spiro atoms. The minimum atomic E-state index is -0.424. The largest absolute Gasteiger partial charge is 0.347 e. The van der Waals surface area contributed by atoms with Crippen LogP contribution in [-0.4, -0.2) is 48.1 Å². The van der Waals surface area contributed by atoms with Crippen LogP contribution in [0.4, 0.5) is 20.8 Å². The van der Waals surface area contributed by atoms with Gasteiger partial charge >= 0.3 is 6.03 Å². The molecule has 1 saturated heterocycles. The third-order valence-corrected chi connectivity index (χ3v) is 5.61. The summed E-state index contributed by atoms with van der Waals surface area (Å²) < 4.78 is 13.9. The number of benzene rings is 1. The zero-order chi connectivity index (χ0) is 19.0. The van der Waals surface area contributed by atoms with Crippen molar-refractivity contribution in [1.29, 1.82) is 0 Å². The number of urea groups is 1. The molecule has 27 heavy (non-hydrogen) atoms. The molecule has 1 aliphatic carbocycles. The summed E-state index contributed by atoms with van der Waals surface area (Å²) in [4.78, 5) is 25.7. The summed E-state index contributed by atoms with van der Waals surface area (Å²) in [6.07, 6.45) is 5.74. The molecule has 1 fully saturated rings. The number of carbonyl (C=O) groups is 1. The van der Waals surface area contributed by atoms with Gasteiger partial charge in [0.25, 0.3) is 0 Å². The Morgan fingerprint density at radius 2 is 2.11 bits per heavy atom. The number of likely N-dealkylation sites (tertiary alicyclic amines) is 1. The zero-order valence-corrected chi connectivity index (χ0v) is 15.7. The van der Waals surface area contributed by atoms with Crippen molar-refractivity contribution in [2.75, 3.05) is 37.4 Å². The molecule has 142 valence electrons. The predicted octanol–water partition coefficient (Wildman–Crippen LogP) is 3.19. The van der Waals surface area contributed by atoms with E-state index in [0.717, 1.165) is 31.4 Å². The fourth-order valence-corrected chi connectivity index (χ4v) is 4.21. The Morgan fingerprint density at radius 1 is 1.30 bits per heavy atom. The molecule has 0 saturated carbocycles. The van der Waals surface area contributed by atoms with E-state index in [2.05, 4.69) is 10.3 Å². The third kappa shape index (κ3) is 3.22. The highest BCUT2D eigenvalue weighted by Gasteiger charge is 2.45. The van der Waals surface area contributed by atoms with Crippen LogP contribution in [0.3, 0.4) is 0 Å². The number of fused-ring (bicyclic) bond motifs is 2. The number of amides is 2. The van der Waals surface area contributed by atoms with Gasteiger partial charge in [0.05, 0.1) is 11.4 Å². The monoisotopic (exact) mass is 369 g/mol. The number of carbonyl (C=O) groups excluding carboxylic acids is 1. The van der Waals surface area contributed by atoms with E-state index in [4.69, 9.17) is 4.98 Å². The first-order valence-electron chi connectivity index (χ1n) is 9.33. The first-order chi connectivity index (χ1) is 13.0. The number of hydrogen-bond donors (Lipinski definition) is 1. The average Bonchev–Trinajstić information content (AvgIpc) is 3.01. The molecule has 4 rings (SSSR count). The van der Waals surface area contributed by atoms with E-state index in [9.17, 15) is 9.18 Å². The molecule has 2 aliphatic rings. The predicted molar refractivity (Wildman–Crippen MR) is 103 cm³/mol.